The molecule has 0 aliphatic heterocycles. The van der Waals surface area contributed by atoms with Crippen LogP contribution in [0.1, 0.15) is 11.1 Å². The van der Waals surface area contributed by atoms with Crippen LogP contribution < -0.4 is 16.4 Å². The van der Waals surface area contributed by atoms with Crippen molar-refractivity contribution in [2.45, 2.75) is 12.4 Å². The lowest BCUT2D eigenvalue weighted by molar-refractivity contribution is -0.137. The SMILES string of the molecule is Nc1cccc(C(F)(F)F)c1N(c1ccccc1)c1c(N)cccc1C(F)(F)F. The van der Waals surface area contributed by atoms with Crippen LogP contribution in [0.4, 0.5) is 54.8 Å². The third-order valence-electron chi connectivity index (χ3n) is 4.21. The maximum atomic E-state index is 13.7. The van der Waals surface area contributed by atoms with Crippen molar-refractivity contribution >= 4 is 28.4 Å². The van der Waals surface area contributed by atoms with Gasteiger partial charge in [0.05, 0.1) is 33.9 Å². The molecule has 0 radical (unpaired) electrons. The van der Waals surface area contributed by atoms with Gasteiger partial charge in [0.2, 0.25) is 0 Å². The van der Waals surface area contributed by atoms with E-state index in [4.69, 9.17) is 11.5 Å². The Labute approximate surface area is 162 Å². The van der Waals surface area contributed by atoms with Crippen molar-refractivity contribution < 1.29 is 26.3 Å². The number of nitrogens with zero attached hydrogens (tertiary/aromatic N) is 1. The highest BCUT2D eigenvalue weighted by atomic mass is 19.4. The highest BCUT2D eigenvalue weighted by Crippen LogP contribution is 2.50. The van der Waals surface area contributed by atoms with Crippen LogP contribution in [0.3, 0.4) is 0 Å². The third-order valence-corrected chi connectivity index (χ3v) is 4.21. The number of benzene rings is 3. The van der Waals surface area contributed by atoms with Crippen LogP contribution in [0.2, 0.25) is 0 Å². The quantitative estimate of drug-likeness (QED) is 0.390. The van der Waals surface area contributed by atoms with Crippen LogP contribution in [0.5, 0.6) is 0 Å². The minimum Gasteiger partial charge on any atom is -0.397 e. The van der Waals surface area contributed by atoms with Gasteiger partial charge in [0.15, 0.2) is 0 Å². The number of anilines is 5. The minimum absolute atomic E-state index is 0.0410. The van der Waals surface area contributed by atoms with Crippen molar-refractivity contribution in [2.24, 2.45) is 0 Å². The molecule has 3 rings (SSSR count). The van der Waals surface area contributed by atoms with Crippen molar-refractivity contribution in [1.82, 2.24) is 0 Å². The molecule has 0 bridgehead atoms. The average molecular weight is 411 g/mol. The molecule has 0 saturated heterocycles. The van der Waals surface area contributed by atoms with Gasteiger partial charge in [-0.25, -0.2) is 0 Å². The number of hydrogen-bond acceptors (Lipinski definition) is 3. The van der Waals surface area contributed by atoms with E-state index in [1.54, 1.807) is 6.07 Å². The van der Waals surface area contributed by atoms with E-state index in [2.05, 4.69) is 0 Å². The first-order chi connectivity index (χ1) is 13.5. The van der Waals surface area contributed by atoms with E-state index in [1.807, 2.05) is 0 Å². The van der Waals surface area contributed by atoms with Crippen LogP contribution in [-0.2, 0) is 12.4 Å². The first-order valence-corrected chi connectivity index (χ1v) is 8.28. The molecule has 0 spiro atoms. The Morgan fingerprint density at radius 2 is 0.966 bits per heavy atom. The zero-order chi connectivity index (χ0) is 21.4. The fourth-order valence-electron chi connectivity index (χ4n) is 3.03. The van der Waals surface area contributed by atoms with E-state index in [1.165, 1.54) is 36.4 Å². The molecule has 0 saturated carbocycles. The largest absolute Gasteiger partial charge is 0.418 e. The Hall–Kier alpha value is -3.36. The van der Waals surface area contributed by atoms with Gasteiger partial charge in [-0.1, -0.05) is 30.3 Å². The van der Waals surface area contributed by atoms with E-state index in [9.17, 15) is 26.3 Å². The van der Waals surface area contributed by atoms with Crippen molar-refractivity contribution in [3.05, 3.63) is 77.9 Å². The molecular weight excluding hydrogens is 396 g/mol. The van der Waals surface area contributed by atoms with E-state index in [0.29, 0.717) is 0 Å². The summed E-state index contributed by atoms with van der Waals surface area (Å²) in [4.78, 5) is 0.802. The van der Waals surface area contributed by atoms with Gasteiger partial charge in [-0.15, -0.1) is 0 Å². The molecule has 152 valence electrons. The lowest BCUT2D eigenvalue weighted by atomic mass is 10.0. The number of hydrogen-bond donors (Lipinski definition) is 2. The summed E-state index contributed by atoms with van der Waals surface area (Å²) in [5.41, 5.74) is 7.40. The highest BCUT2D eigenvalue weighted by molar-refractivity contribution is 5.91. The second-order valence-electron chi connectivity index (χ2n) is 6.15. The van der Waals surface area contributed by atoms with E-state index in [0.717, 1.165) is 29.2 Å². The molecule has 0 unspecified atom stereocenters. The molecule has 0 fully saturated rings. The van der Waals surface area contributed by atoms with Crippen molar-refractivity contribution in [2.75, 3.05) is 16.4 Å². The molecule has 9 heteroatoms. The van der Waals surface area contributed by atoms with Gasteiger partial charge in [0, 0.05) is 5.69 Å². The maximum Gasteiger partial charge on any atom is 0.418 e. The van der Waals surface area contributed by atoms with Crippen LogP contribution in [0.15, 0.2) is 66.7 Å². The molecular formula is C20H15F6N3. The summed E-state index contributed by atoms with van der Waals surface area (Å²) in [6, 6.07) is 13.4. The predicted molar refractivity (Wildman–Crippen MR) is 100.0 cm³/mol. The summed E-state index contributed by atoms with van der Waals surface area (Å²) < 4.78 is 82.3. The van der Waals surface area contributed by atoms with Crippen LogP contribution in [0, 0.1) is 0 Å². The van der Waals surface area contributed by atoms with E-state index >= 15 is 0 Å². The Morgan fingerprint density at radius 1 is 0.552 bits per heavy atom. The molecule has 0 aliphatic rings. The fourth-order valence-corrected chi connectivity index (χ4v) is 3.03. The van der Waals surface area contributed by atoms with Crippen molar-refractivity contribution in [3.8, 4) is 0 Å². The van der Waals surface area contributed by atoms with Gasteiger partial charge in [0.1, 0.15) is 0 Å². The molecule has 4 N–H and O–H groups in total. The molecule has 3 aromatic carbocycles. The summed E-state index contributed by atoms with van der Waals surface area (Å²) in [5.74, 6) is 0. The lowest BCUT2D eigenvalue weighted by Gasteiger charge is -2.32. The van der Waals surface area contributed by atoms with Crippen LogP contribution >= 0.6 is 0 Å². The zero-order valence-corrected chi connectivity index (χ0v) is 14.7. The van der Waals surface area contributed by atoms with Gasteiger partial charge < -0.3 is 16.4 Å². The molecule has 0 atom stereocenters. The number of alkyl halides is 6. The Balaban J connectivity index is 2.45. The van der Waals surface area contributed by atoms with Gasteiger partial charge >= 0.3 is 12.4 Å². The topological polar surface area (TPSA) is 55.3 Å². The first kappa shape index (κ1) is 20.4. The molecule has 3 nitrogen and oxygen atoms in total. The van der Waals surface area contributed by atoms with Crippen LogP contribution in [-0.4, -0.2) is 0 Å². The standard InChI is InChI=1S/C20H15F6N3/c21-19(22,23)13-8-4-10-15(27)17(13)29(12-6-2-1-3-7-12)18-14(20(24,25)26)9-5-11-16(18)28/h1-11H,27-28H2. The maximum absolute atomic E-state index is 13.7. The molecule has 0 amide bonds. The third kappa shape index (κ3) is 3.94. The second kappa shape index (κ2) is 7.23. The molecule has 0 heterocycles. The second-order valence-corrected chi connectivity index (χ2v) is 6.15. The number of halogens is 6. The minimum atomic E-state index is -4.86. The van der Waals surface area contributed by atoms with Gasteiger partial charge in [0.25, 0.3) is 0 Å². The Morgan fingerprint density at radius 3 is 1.34 bits per heavy atom. The average Bonchev–Trinajstić information content (AvgIpc) is 2.63. The Kier molecular flexibility index (Phi) is 5.08. The number of nitrogen functional groups attached to an aromatic ring is 2. The summed E-state index contributed by atoms with van der Waals surface area (Å²) in [7, 11) is 0. The van der Waals surface area contributed by atoms with Gasteiger partial charge in [-0.2, -0.15) is 26.3 Å². The Bertz CT molecular complexity index is 949. The summed E-state index contributed by atoms with van der Waals surface area (Å²) in [6.45, 7) is 0. The molecule has 3 aromatic rings. The lowest BCUT2D eigenvalue weighted by Crippen LogP contribution is -2.22. The number of para-hydroxylation sites is 3. The first-order valence-electron chi connectivity index (χ1n) is 8.28. The summed E-state index contributed by atoms with van der Waals surface area (Å²) in [5, 5.41) is 0. The number of nitrogens with two attached hydrogens (primary N) is 2. The smallest absolute Gasteiger partial charge is 0.397 e. The highest BCUT2D eigenvalue weighted by Gasteiger charge is 2.40. The molecule has 0 aromatic heterocycles. The fraction of sp³-hybridized carbons (Fsp3) is 0.100. The van der Waals surface area contributed by atoms with E-state index < -0.39 is 34.9 Å². The molecule has 29 heavy (non-hydrogen) atoms. The predicted octanol–water partition coefficient (Wildman–Crippen LogP) is 6.36. The summed E-state index contributed by atoms with van der Waals surface area (Å²) in [6.07, 6.45) is -9.72. The summed E-state index contributed by atoms with van der Waals surface area (Å²) >= 11 is 0. The van der Waals surface area contributed by atoms with Crippen LogP contribution in [0.25, 0.3) is 0 Å². The molecule has 0 aliphatic carbocycles. The van der Waals surface area contributed by atoms with Crippen molar-refractivity contribution in [1.29, 1.82) is 0 Å². The van der Waals surface area contributed by atoms with Gasteiger partial charge in [-0.05, 0) is 36.4 Å². The van der Waals surface area contributed by atoms with E-state index in [-0.39, 0.29) is 17.1 Å². The normalized spacial score (nSPS) is 12.1. The number of rotatable bonds is 3. The zero-order valence-electron chi connectivity index (χ0n) is 14.7. The monoisotopic (exact) mass is 411 g/mol. The van der Waals surface area contributed by atoms with Crippen molar-refractivity contribution in [3.63, 3.8) is 0 Å². The van der Waals surface area contributed by atoms with Gasteiger partial charge in [-0.3, -0.25) is 0 Å².